The van der Waals surface area contributed by atoms with E-state index >= 15 is 0 Å². The minimum Gasteiger partial charge on any atom is -0.377 e. The van der Waals surface area contributed by atoms with Gasteiger partial charge in [0.25, 0.3) is 0 Å². The molecular weight excluding hydrogens is 388 g/mol. The van der Waals surface area contributed by atoms with Gasteiger partial charge < -0.3 is 13.3 Å². The Labute approximate surface area is 153 Å². The van der Waals surface area contributed by atoms with Crippen molar-refractivity contribution in [2.24, 2.45) is 0 Å². The van der Waals surface area contributed by atoms with Gasteiger partial charge >= 0.3 is 8.80 Å². The molecule has 0 amide bonds. The van der Waals surface area contributed by atoms with Crippen LogP contribution < -0.4 is 4.72 Å². The summed E-state index contributed by atoms with van der Waals surface area (Å²) in [7, 11) is -4.49. The summed E-state index contributed by atoms with van der Waals surface area (Å²) in [6.07, 6.45) is 5.51. The Morgan fingerprint density at radius 2 is 1.36 bits per heavy atom. The highest BCUT2D eigenvalue weighted by Crippen LogP contribution is 2.17. The predicted molar refractivity (Wildman–Crippen MR) is 99.3 cm³/mol. The highest BCUT2D eigenvalue weighted by atomic mass is 32.2. The molecule has 0 atom stereocenters. The van der Waals surface area contributed by atoms with Crippen LogP contribution in [0, 0.1) is 0 Å². The monoisotopic (exact) mass is 420 g/mol. The molecule has 0 aromatic rings. The molecule has 12 heteroatoms. The normalized spacial score (nSPS) is 13.5. The van der Waals surface area contributed by atoms with Crippen molar-refractivity contribution in [2.45, 2.75) is 31.7 Å². The lowest BCUT2D eigenvalue weighted by molar-refractivity contribution is 0.122. The molecule has 0 unspecified atom stereocenters. The van der Waals surface area contributed by atoms with Gasteiger partial charge in [0.15, 0.2) is 0 Å². The van der Waals surface area contributed by atoms with E-state index in [1.807, 2.05) is 0 Å². The Bertz CT molecular complexity index is 557. The van der Waals surface area contributed by atoms with Gasteiger partial charge in [-0.3, -0.25) is 0 Å². The van der Waals surface area contributed by atoms with Gasteiger partial charge in [-0.2, -0.15) is 0 Å². The molecular formula is C13H32N2O7S2Si. The van der Waals surface area contributed by atoms with Gasteiger partial charge in [-0.05, 0) is 12.8 Å². The highest BCUT2D eigenvalue weighted by Gasteiger charge is 2.36. The topological polar surface area (TPSA) is 111 Å². The van der Waals surface area contributed by atoms with Crippen LogP contribution in [-0.4, -0.2) is 83.4 Å². The van der Waals surface area contributed by atoms with E-state index < -0.39 is 28.9 Å². The molecule has 0 bridgehead atoms. The fourth-order valence-corrected chi connectivity index (χ4v) is 5.48. The molecule has 0 aliphatic carbocycles. The van der Waals surface area contributed by atoms with Gasteiger partial charge in [0.05, 0.1) is 12.5 Å². The fourth-order valence-electron chi connectivity index (χ4n) is 2.34. The first kappa shape index (κ1) is 24.9. The largest absolute Gasteiger partial charge is 0.500 e. The number of nitrogens with zero attached hydrogens (tertiary/aromatic N) is 1. The summed E-state index contributed by atoms with van der Waals surface area (Å²) in [4.78, 5) is 0. The summed E-state index contributed by atoms with van der Waals surface area (Å²) in [5.41, 5.74) is 0. The Balaban J connectivity index is 4.19. The second-order valence-electron chi connectivity index (χ2n) is 5.79. The first-order chi connectivity index (χ1) is 11.5. The molecule has 0 fully saturated rings. The zero-order chi connectivity index (χ0) is 19.6. The van der Waals surface area contributed by atoms with Crippen LogP contribution in [0.15, 0.2) is 0 Å². The van der Waals surface area contributed by atoms with Crippen molar-refractivity contribution in [2.75, 3.05) is 53.5 Å². The van der Waals surface area contributed by atoms with Crippen molar-refractivity contribution in [1.29, 1.82) is 0 Å². The molecule has 0 heterocycles. The Morgan fingerprint density at radius 1 is 0.840 bits per heavy atom. The number of unbranched alkanes of at least 4 members (excludes halogenated alkanes) is 3. The van der Waals surface area contributed by atoms with Crippen molar-refractivity contribution in [1.82, 2.24) is 9.03 Å². The summed E-state index contributed by atoms with van der Waals surface area (Å²) >= 11 is 0. The van der Waals surface area contributed by atoms with E-state index in [0.717, 1.165) is 31.8 Å². The lowest BCUT2D eigenvalue weighted by Crippen LogP contribution is -2.42. The van der Waals surface area contributed by atoms with E-state index in [0.29, 0.717) is 19.0 Å². The minimum absolute atomic E-state index is 0.0650. The first-order valence-electron chi connectivity index (χ1n) is 8.05. The van der Waals surface area contributed by atoms with Gasteiger partial charge in [-0.25, -0.2) is 25.9 Å². The third-order valence-electron chi connectivity index (χ3n) is 3.77. The second-order valence-corrected chi connectivity index (χ2v) is 12.7. The van der Waals surface area contributed by atoms with Crippen LogP contribution in [-0.2, 0) is 33.3 Å². The lowest BCUT2D eigenvalue weighted by atomic mass is 10.2. The van der Waals surface area contributed by atoms with E-state index in [9.17, 15) is 16.8 Å². The average molecular weight is 421 g/mol. The van der Waals surface area contributed by atoms with Crippen LogP contribution in [0.5, 0.6) is 0 Å². The number of rotatable bonds is 15. The summed E-state index contributed by atoms with van der Waals surface area (Å²) in [6, 6.07) is 0.713. The summed E-state index contributed by atoms with van der Waals surface area (Å²) < 4.78 is 65.2. The average Bonchev–Trinajstić information content (AvgIpc) is 2.51. The van der Waals surface area contributed by atoms with Crippen LogP contribution in [0.1, 0.15) is 25.7 Å². The van der Waals surface area contributed by atoms with Gasteiger partial charge in [-0.1, -0.05) is 12.8 Å². The third kappa shape index (κ3) is 11.3. The zero-order valence-electron chi connectivity index (χ0n) is 15.8. The molecule has 0 rings (SSSR count). The highest BCUT2D eigenvalue weighted by molar-refractivity contribution is 7.88. The quantitative estimate of drug-likeness (QED) is 0.298. The lowest BCUT2D eigenvalue weighted by Gasteiger charge is -2.24. The van der Waals surface area contributed by atoms with Crippen molar-refractivity contribution in [3.63, 3.8) is 0 Å². The van der Waals surface area contributed by atoms with E-state index in [1.54, 1.807) is 21.3 Å². The summed E-state index contributed by atoms with van der Waals surface area (Å²) in [6.45, 7) is 0.556. The maximum Gasteiger partial charge on any atom is 0.500 e. The Hall–Kier alpha value is -0.0831. The van der Waals surface area contributed by atoms with Crippen LogP contribution in [0.2, 0.25) is 6.04 Å². The van der Waals surface area contributed by atoms with Gasteiger partial charge in [0.1, 0.15) is 0 Å². The van der Waals surface area contributed by atoms with Gasteiger partial charge in [0, 0.05) is 47.0 Å². The molecule has 1 N–H and O–H groups in total. The van der Waals surface area contributed by atoms with Crippen LogP contribution in [0.3, 0.4) is 0 Å². The van der Waals surface area contributed by atoms with Crippen molar-refractivity contribution in [3.8, 4) is 0 Å². The Kier molecular flexibility index (Phi) is 11.6. The predicted octanol–water partition coefficient (Wildman–Crippen LogP) is 0.236. The number of sulfonamides is 2. The maximum absolute atomic E-state index is 11.8. The molecule has 0 radical (unpaired) electrons. The fraction of sp³-hybridized carbons (Fsp3) is 1.00. The third-order valence-corrected chi connectivity index (χ3v) is 8.63. The van der Waals surface area contributed by atoms with Crippen molar-refractivity contribution in [3.05, 3.63) is 0 Å². The Morgan fingerprint density at radius 3 is 1.80 bits per heavy atom. The molecule has 152 valence electrons. The standard InChI is InChI=1S/C13H32N2O7S2Si/c1-20-25(21-2,22-3)13-9-7-6-8-11-15(24(5,18)19)12-10-14-23(4,16)17/h14H,6-13H2,1-5H3. The maximum atomic E-state index is 11.8. The molecule has 0 saturated heterocycles. The second kappa shape index (κ2) is 11.6. The molecule has 0 aliphatic rings. The van der Waals surface area contributed by atoms with Crippen LogP contribution in [0.25, 0.3) is 0 Å². The molecule has 25 heavy (non-hydrogen) atoms. The zero-order valence-corrected chi connectivity index (χ0v) is 18.4. The van der Waals surface area contributed by atoms with Crippen LogP contribution >= 0.6 is 0 Å². The number of nitrogens with one attached hydrogen (secondary N) is 1. The summed E-state index contributed by atoms with van der Waals surface area (Å²) in [5.74, 6) is 0. The van der Waals surface area contributed by atoms with E-state index in [2.05, 4.69) is 4.72 Å². The van der Waals surface area contributed by atoms with Gasteiger partial charge in [-0.15, -0.1) is 0 Å². The first-order valence-corrected chi connectivity index (χ1v) is 13.7. The van der Waals surface area contributed by atoms with E-state index in [1.165, 1.54) is 4.31 Å². The molecule has 0 aromatic carbocycles. The molecule has 0 aliphatic heterocycles. The summed E-state index contributed by atoms with van der Waals surface area (Å²) in [5, 5.41) is 0. The van der Waals surface area contributed by atoms with Crippen molar-refractivity contribution < 1.29 is 30.1 Å². The molecule has 0 saturated carbocycles. The minimum atomic E-state index is -3.37. The smallest absolute Gasteiger partial charge is 0.377 e. The number of hydrogen-bond acceptors (Lipinski definition) is 7. The van der Waals surface area contributed by atoms with E-state index in [-0.39, 0.29) is 13.1 Å². The molecule has 9 nitrogen and oxygen atoms in total. The van der Waals surface area contributed by atoms with Crippen LogP contribution in [0.4, 0.5) is 0 Å². The molecule has 0 spiro atoms. The number of hydrogen-bond donors (Lipinski definition) is 1. The van der Waals surface area contributed by atoms with Gasteiger partial charge in [0.2, 0.25) is 20.0 Å². The van der Waals surface area contributed by atoms with Crippen molar-refractivity contribution >= 4 is 28.9 Å². The van der Waals surface area contributed by atoms with E-state index in [4.69, 9.17) is 13.3 Å². The molecule has 0 aromatic heterocycles. The SMILES string of the molecule is CO[Si](CCCCCCN(CCNS(C)(=O)=O)S(C)(=O)=O)(OC)OC.